The third-order valence-electron chi connectivity index (χ3n) is 3.49. The normalized spacial score (nSPS) is 14.3. The van der Waals surface area contributed by atoms with Crippen LogP contribution in [0, 0.1) is 6.92 Å². The van der Waals surface area contributed by atoms with E-state index in [1.807, 2.05) is 0 Å². The highest BCUT2D eigenvalue weighted by molar-refractivity contribution is 5.24. The van der Waals surface area contributed by atoms with Crippen LogP contribution in [-0.4, -0.2) is 12.6 Å². The van der Waals surface area contributed by atoms with E-state index in [0.717, 1.165) is 6.42 Å². The third kappa shape index (κ3) is 6.22. The van der Waals surface area contributed by atoms with Gasteiger partial charge in [-0.25, -0.2) is 0 Å². The molecule has 0 aromatic heterocycles. The molecule has 2 nitrogen and oxygen atoms in total. The molecule has 0 aliphatic carbocycles. The van der Waals surface area contributed by atoms with Gasteiger partial charge in [0, 0.05) is 6.54 Å². The minimum absolute atomic E-state index is 0.0288. The second-order valence-electron chi connectivity index (χ2n) is 5.43. The molecule has 1 rings (SSSR count). The van der Waals surface area contributed by atoms with Crippen molar-refractivity contribution in [1.29, 1.82) is 0 Å². The molecule has 0 amide bonds. The van der Waals surface area contributed by atoms with Crippen LogP contribution in [0.4, 0.5) is 0 Å². The second-order valence-corrected chi connectivity index (χ2v) is 5.43. The highest BCUT2D eigenvalue weighted by Gasteiger charge is 2.14. The molecule has 0 saturated carbocycles. The molecule has 0 bridgehead atoms. The van der Waals surface area contributed by atoms with Crippen LogP contribution in [0.2, 0.25) is 0 Å². The molecule has 2 atom stereocenters. The molecule has 0 spiro atoms. The smallest absolute Gasteiger partial charge is 0.0950 e. The van der Waals surface area contributed by atoms with Crippen LogP contribution in [0.3, 0.4) is 0 Å². The molecule has 2 unspecified atom stereocenters. The number of aryl methyl sites for hydroxylation is 1. The summed E-state index contributed by atoms with van der Waals surface area (Å²) in [7, 11) is 0. The van der Waals surface area contributed by atoms with Crippen LogP contribution in [0.1, 0.15) is 63.2 Å². The van der Waals surface area contributed by atoms with Gasteiger partial charge in [0.1, 0.15) is 0 Å². The zero-order valence-electron chi connectivity index (χ0n) is 12.7. The van der Waals surface area contributed by atoms with Gasteiger partial charge in [-0.1, -0.05) is 62.4 Å². The lowest BCUT2D eigenvalue weighted by Crippen LogP contribution is -2.21. The van der Waals surface area contributed by atoms with Crippen molar-refractivity contribution < 1.29 is 4.74 Å². The van der Waals surface area contributed by atoms with Crippen molar-refractivity contribution in [2.24, 2.45) is 5.73 Å². The summed E-state index contributed by atoms with van der Waals surface area (Å²) < 4.78 is 6.10. The molecular weight excluding hydrogens is 234 g/mol. The van der Waals surface area contributed by atoms with E-state index in [2.05, 4.69) is 45.0 Å². The van der Waals surface area contributed by atoms with Crippen molar-refractivity contribution in [3.05, 3.63) is 35.4 Å². The summed E-state index contributed by atoms with van der Waals surface area (Å²) >= 11 is 0. The Hall–Kier alpha value is -0.860. The van der Waals surface area contributed by atoms with Gasteiger partial charge < -0.3 is 10.5 Å². The SMILES string of the molecule is CCCCCCC(C)OC(CN)c1cccc(C)c1. The van der Waals surface area contributed by atoms with Crippen molar-refractivity contribution in [2.75, 3.05) is 6.54 Å². The second kappa shape index (κ2) is 9.11. The molecular formula is C17H29NO. The van der Waals surface area contributed by atoms with Gasteiger partial charge in [-0.05, 0) is 25.8 Å². The highest BCUT2D eigenvalue weighted by atomic mass is 16.5. The van der Waals surface area contributed by atoms with Crippen LogP contribution in [-0.2, 0) is 4.74 Å². The van der Waals surface area contributed by atoms with Gasteiger partial charge in [0.2, 0.25) is 0 Å². The van der Waals surface area contributed by atoms with Gasteiger partial charge >= 0.3 is 0 Å². The first kappa shape index (κ1) is 16.2. The average Bonchev–Trinajstić information content (AvgIpc) is 2.41. The summed E-state index contributed by atoms with van der Waals surface area (Å²) in [5, 5.41) is 0. The largest absolute Gasteiger partial charge is 0.369 e. The fourth-order valence-electron chi connectivity index (χ4n) is 2.35. The molecule has 0 heterocycles. The van der Waals surface area contributed by atoms with Gasteiger partial charge in [-0.15, -0.1) is 0 Å². The summed E-state index contributed by atoms with van der Waals surface area (Å²) in [6.45, 7) is 7.04. The lowest BCUT2D eigenvalue weighted by Gasteiger charge is -2.22. The van der Waals surface area contributed by atoms with Crippen LogP contribution < -0.4 is 5.73 Å². The minimum Gasteiger partial charge on any atom is -0.369 e. The first-order chi connectivity index (χ1) is 9.17. The number of ether oxygens (including phenoxy) is 1. The Labute approximate surface area is 118 Å². The fourth-order valence-corrected chi connectivity index (χ4v) is 2.35. The molecule has 0 fully saturated rings. The van der Waals surface area contributed by atoms with Crippen LogP contribution in [0.15, 0.2) is 24.3 Å². The predicted molar refractivity (Wildman–Crippen MR) is 82.3 cm³/mol. The Kier molecular flexibility index (Phi) is 7.76. The van der Waals surface area contributed by atoms with Crippen LogP contribution >= 0.6 is 0 Å². The minimum atomic E-state index is 0.0288. The van der Waals surface area contributed by atoms with E-state index in [1.54, 1.807) is 0 Å². The monoisotopic (exact) mass is 263 g/mol. The van der Waals surface area contributed by atoms with Crippen molar-refractivity contribution in [2.45, 2.75) is 65.1 Å². The number of rotatable bonds is 9. The molecule has 0 saturated heterocycles. The number of hydrogen-bond acceptors (Lipinski definition) is 2. The molecule has 19 heavy (non-hydrogen) atoms. The van der Waals surface area contributed by atoms with Gasteiger partial charge in [0.25, 0.3) is 0 Å². The molecule has 0 radical (unpaired) electrons. The number of unbranched alkanes of at least 4 members (excludes halogenated alkanes) is 3. The van der Waals surface area contributed by atoms with Crippen molar-refractivity contribution in [1.82, 2.24) is 0 Å². The number of hydrogen-bond donors (Lipinski definition) is 1. The zero-order valence-corrected chi connectivity index (χ0v) is 12.7. The summed E-state index contributed by atoms with van der Waals surface area (Å²) in [5.74, 6) is 0. The number of benzene rings is 1. The van der Waals surface area contributed by atoms with Crippen molar-refractivity contribution >= 4 is 0 Å². The maximum atomic E-state index is 6.10. The molecule has 0 aliphatic heterocycles. The van der Waals surface area contributed by atoms with E-state index < -0.39 is 0 Å². The van der Waals surface area contributed by atoms with E-state index >= 15 is 0 Å². The summed E-state index contributed by atoms with van der Waals surface area (Å²) in [4.78, 5) is 0. The summed E-state index contributed by atoms with van der Waals surface area (Å²) in [6.07, 6.45) is 6.60. The Bertz CT molecular complexity index is 351. The summed E-state index contributed by atoms with van der Waals surface area (Å²) in [5.41, 5.74) is 8.31. The fraction of sp³-hybridized carbons (Fsp3) is 0.647. The van der Waals surface area contributed by atoms with E-state index in [9.17, 15) is 0 Å². The first-order valence-corrected chi connectivity index (χ1v) is 7.59. The maximum Gasteiger partial charge on any atom is 0.0950 e. The summed E-state index contributed by atoms with van der Waals surface area (Å²) in [6, 6.07) is 8.45. The molecule has 2 N–H and O–H groups in total. The van der Waals surface area contributed by atoms with Crippen molar-refractivity contribution in [3.63, 3.8) is 0 Å². The topological polar surface area (TPSA) is 35.2 Å². The van der Waals surface area contributed by atoms with Crippen LogP contribution in [0.25, 0.3) is 0 Å². The Balaban J connectivity index is 2.43. The lowest BCUT2D eigenvalue weighted by molar-refractivity contribution is -0.00376. The van der Waals surface area contributed by atoms with Crippen molar-refractivity contribution in [3.8, 4) is 0 Å². The Morgan fingerprint density at radius 1 is 1.21 bits per heavy atom. The molecule has 1 aromatic rings. The first-order valence-electron chi connectivity index (χ1n) is 7.59. The van der Waals surface area contributed by atoms with E-state index in [0.29, 0.717) is 6.54 Å². The molecule has 108 valence electrons. The average molecular weight is 263 g/mol. The lowest BCUT2D eigenvalue weighted by atomic mass is 10.1. The standard InChI is InChI=1S/C17H29NO/c1-4-5-6-7-10-15(3)19-17(13-18)16-11-8-9-14(2)12-16/h8-9,11-12,15,17H,4-7,10,13,18H2,1-3H3. The predicted octanol–water partition coefficient (Wildman–Crippen LogP) is 4.37. The maximum absolute atomic E-state index is 6.10. The Morgan fingerprint density at radius 3 is 2.63 bits per heavy atom. The van der Waals surface area contributed by atoms with E-state index in [1.165, 1.54) is 36.8 Å². The van der Waals surface area contributed by atoms with Gasteiger partial charge in [0.15, 0.2) is 0 Å². The van der Waals surface area contributed by atoms with Gasteiger partial charge in [0.05, 0.1) is 12.2 Å². The number of nitrogens with two attached hydrogens (primary N) is 1. The molecule has 2 heteroatoms. The van der Waals surface area contributed by atoms with E-state index in [-0.39, 0.29) is 12.2 Å². The van der Waals surface area contributed by atoms with Gasteiger partial charge in [-0.2, -0.15) is 0 Å². The zero-order chi connectivity index (χ0) is 14.1. The third-order valence-corrected chi connectivity index (χ3v) is 3.49. The molecule has 0 aliphatic rings. The molecule has 1 aromatic carbocycles. The highest BCUT2D eigenvalue weighted by Crippen LogP contribution is 2.21. The van der Waals surface area contributed by atoms with E-state index in [4.69, 9.17) is 10.5 Å². The quantitative estimate of drug-likeness (QED) is 0.671. The Morgan fingerprint density at radius 2 is 2.00 bits per heavy atom. The van der Waals surface area contributed by atoms with Crippen LogP contribution in [0.5, 0.6) is 0 Å². The van der Waals surface area contributed by atoms with Gasteiger partial charge in [-0.3, -0.25) is 0 Å².